The van der Waals surface area contributed by atoms with E-state index in [1.165, 1.54) is 14.0 Å². The Labute approximate surface area is 92.5 Å². The van der Waals surface area contributed by atoms with E-state index in [0.29, 0.717) is 0 Å². The molecule has 0 aromatic rings. The molecule has 7 heteroatoms. The van der Waals surface area contributed by atoms with Gasteiger partial charge in [0.1, 0.15) is 24.4 Å². The molecule has 0 radical (unpaired) electrons. The standard InChI is InChI=1S/C9H16O7/c1-9(13-2)15-7-6(12)5(11)4(3-10)14-8(7)16-9/h4-8,10-12H,3H2,1-2H3. The van der Waals surface area contributed by atoms with Crippen LogP contribution in [0.25, 0.3) is 0 Å². The van der Waals surface area contributed by atoms with Crippen LogP contribution in [0.4, 0.5) is 0 Å². The minimum atomic E-state index is -1.31. The number of fused-ring (bicyclic) bond motifs is 1. The van der Waals surface area contributed by atoms with Crippen molar-refractivity contribution < 1.29 is 34.3 Å². The van der Waals surface area contributed by atoms with Crippen molar-refractivity contribution in [1.82, 2.24) is 0 Å². The van der Waals surface area contributed by atoms with Gasteiger partial charge in [0, 0.05) is 14.0 Å². The number of aliphatic hydroxyl groups excluding tert-OH is 3. The molecule has 0 bridgehead atoms. The van der Waals surface area contributed by atoms with E-state index < -0.39 is 43.3 Å². The third-order valence-electron chi connectivity index (χ3n) is 2.88. The first-order valence-electron chi connectivity index (χ1n) is 5.04. The van der Waals surface area contributed by atoms with Gasteiger partial charge in [0.15, 0.2) is 6.29 Å². The number of rotatable bonds is 2. The molecule has 7 nitrogen and oxygen atoms in total. The first-order chi connectivity index (χ1) is 7.50. The Hall–Kier alpha value is -0.280. The maximum atomic E-state index is 9.78. The second-order valence-corrected chi connectivity index (χ2v) is 3.97. The van der Waals surface area contributed by atoms with Crippen molar-refractivity contribution in [2.75, 3.05) is 13.7 Å². The van der Waals surface area contributed by atoms with Gasteiger partial charge in [-0.25, -0.2) is 0 Å². The fraction of sp³-hybridized carbons (Fsp3) is 1.00. The van der Waals surface area contributed by atoms with E-state index in [4.69, 9.17) is 24.1 Å². The van der Waals surface area contributed by atoms with E-state index in [9.17, 15) is 10.2 Å². The van der Waals surface area contributed by atoms with Crippen LogP contribution in [0.3, 0.4) is 0 Å². The smallest absolute Gasteiger partial charge is 0.282 e. The van der Waals surface area contributed by atoms with Crippen LogP contribution in [-0.4, -0.2) is 65.7 Å². The van der Waals surface area contributed by atoms with Crippen LogP contribution in [0.15, 0.2) is 0 Å². The fourth-order valence-electron chi connectivity index (χ4n) is 1.86. The van der Waals surface area contributed by atoms with Crippen molar-refractivity contribution in [2.45, 2.75) is 43.6 Å². The van der Waals surface area contributed by atoms with E-state index >= 15 is 0 Å². The Morgan fingerprint density at radius 1 is 1.25 bits per heavy atom. The highest BCUT2D eigenvalue weighted by atomic mass is 16.9. The molecule has 2 aliphatic rings. The molecule has 2 fully saturated rings. The molecule has 0 aromatic carbocycles. The number of methoxy groups -OCH3 is 1. The van der Waals surface area contributed by atoms with Crippen LogP contribution in [0.5, 0.6) is 0 Å². The van der Waals surface area contributed by atoms with Crippen molar-refractivity contribution >= 4 is 0 Å². The zero-order chi connectivity index (χ0) is 11.9. The van der Waals surface area contributed by atoms with Crippen LogP contribution in [0.1, 0.15) is 6.92 Å². The summed E-state index contributed by atoms with van der Waals surface area (Å²) in [4.78, 5) is 0. The van der Waals surface area contributed by atoms with Gasteiger partial charge >= 0.3 is 0 Å². The molecule has 2 aliphatic heterocycles. The molecular formula is C9H16O7. The third-order valence-corrected chi connectivity index (χ3v) is 2.88. The molecule has 2 rings (SSSR count). The molecule has 0 aliphatic carbocycles. The molecule has 3 N–H and O–H groups in total. The summed E-state index contributed by atoms with van der Waals surface area (Å²) in [5.41, 5.74) is 0. The lowest BCUT2D eigenvalue weighted by atomic mass is 9.99. The Kier molecular flexibility index (Phi) is 3.19. The topological polar surface area (TPSA) is 97.6 Å². The molecule has 94 valence electrons. The molecule has 0 saturated carbocycles. The van der Waals surface area contributed by atoms with Gasteiger partial charge in [0.05, 0.1) is 6.61 Å². The maximum Gasteiger partial charge on any atom is 0.282 e. The highest BCUT2D eigenvalue weighted by molar-refractivity contribution is 4.93. The van der Waals surface area contributed by atoms with Crippen molar-refractivity contribution in [2.24, 2.45) is 0 Å². The monoisotopic (exact) mass is 236 g/mol. The molecule has 0 amide bonds. The summed E-state index contributed by atoms with van der Waals surface area (Å²) in [6, 6.07) is 0. The summed E-state index contributed by atoms with van der Waals surface area (Å²) in [6.45, 7) is 1.12. The van der Waals surface area contributed by atoms with Crippen LogP contribution in [-0.2, 0) is 18.9 Å². The molecule has 16 heavy (non-hydrogen) atoms. The van der Waals surface area contributed by atoms with Crippen molar-refractivity contribution in [1.29, 1.82) is 0 Å². The zero-order valence-corrected chi connectivity index (χ0v) is 9.07. The summed E-state index contributed by atoms with van der Waals surface area (Å²) < 4.78 is 20.8. The summed E-state index contributed by atoms with van der Waals surface area (Å²) in [7, 11) is 1.39. The van der Waals surface area contributed by atoms with E-state index in [2.05, 4.69) is 0 Å². The predicted octanol–water partition coefficient (Wildman–Crippen LogP) is -1.84. The normalized spacial score (nSPS) is 52.7. The van der Waals surface area contributed by atoms with Gasteiger partial charge in [-0.2, -0.15) is 0 Å². The van der Waals surface area contributed by atoms with Gasteiger partial charge in [-0.05, 0) is 0 Å². The lowest BCUT2D eigenvalue weighted by molar-refractivity contribution is -0.334. The Bertz CT molecular complexity index is 260. The molecule has 2 heterocycles. The van der Waals surface area contributed by atoms with Gasteiger partial charge in [-0.15, -0.1) is 0 Å². The minimum Gasteiger partial charge on any atom is -0.394 e. The van der Waals surface area contributed by atoms with Crippen LogP contribution < -0.4 is 0 Å². The summed E-state index contributed by atoms with van der Waals surface area (Å²) in [5, 5.41) is 28.4. The van der Waals surface area contributed by atoms with Gasteiger partial charge in [0.25, 0.3) is 5.97 Å². The summed E-state index contributed by atoms with van der Waals surface area (Å²) in [6.07, 6.45) is -4.98. The molecule has 6 atom stereocenters. The molecule has 2 saturated heterocycles. The lowest BCUT2D eigenvalue weighted by Crippen LogP contribution is -2.57. The highest BCUT2D eigenvalue weighted by Gasteiger charge is 2.55. The third kappa shape index (κ3) is 1.84. The number of ether oxygens (including phenoxy) is 4. The van der Waals surface area contributed by atoms with Crippen LogP contribution in [0, 0.1) is 0 Å². The maximum absolute atomic E-state index is 9.78. The van der Waals surface area contributed by atoms with E-state index in [1.54, 1.807) is 0 Å². The first kappa shape index (κ1) is 12.2. The predicted molar refractivity (Wildman–Crippen MR) is 49.1 cm³/mol. The van der Waals surface area contributed by atoms with E-state index in [0.717, 1.165) is 0 Å². The average Bonchev–Trinajstić information content (AvgIpc) is 2.62. The van der Waals surface area contributed by atoms with Gasteiger partial charge in [0.2, 0.25) is 0 Å². The van der Waals surface area contributed by atoms with Crippen LogP contribution in [0.2, 0.25) is 0 Å². The SMILES string of the molecule is COC1(C)OC2OC(CO)C(O)C(O)C2O1. The summed E-state index contributed by atoms with van der Waals surface area (Å²) in [5.74, 6) is -1.31. The fourth-order valence-corrected chi connectivity index (χ4v) is 1.86. The van der Waals surface area contributed by atoms with Gasteiger partial charge in [-0.1, -0.05) is 0 Å². The highest BCUT2D eigenvalue weighted by Crippen LogP contribution is 2.36. The molecule has 6 unspecified atom stereocenters. The van der Waals surface area contributed by atoms with Crippen molar-refractivity contribution in [3.63, 3.8) is 0 Å². The van der Waals surface area contributed by atoms with Crippen molar-refractivity contribution in [3.05, 3.63) is 0 Å². The second-order valence-electron chi connectivity index (χ2n) is 3.97. The van der Waals surface area contributed by atoms with E-state index in [1.807, 2.05) is 0 Å². The first-order valence-corrected chi connectivity index (χ1v) is 5.04. The van der Waals surface area contributed by atoms with Gasteiger partial charge < -0.3 is 29.5 Å². The Balaban J connectivity index is 2.13. The second kappa shape index (κ2) is 4.19. The lowest BCUT2D eigenvalue weighted by Gasteiger charge is -2.36. The summed E-state index contributed by atoms with van der Waals surface area (Å²) >= 11 is 0. The Morgan fingerprint density at radius 3 is 2.50 bits per heavy atom. The number of aliphatic hydroxyl groups is 3. The average molecular weight is 236 g/mol. The largest absolute Gasteiger partial charge is 0.394 e. The number of hydrogen-bond acceptors (Lipinski definition) is 7. The van der Waals surface area contributed by atoms with E-state index in [-0.39, 0.29) is 0 Å². The quantitative estimate of drug-likeness (QED) is 0.518. The molecule has 0 spiro atoms. The van der Waals surface area contributed by atoms with Crippen LogP contribution >= 0.6 is 0 Å². The molecule has 0 aromatic heterocycles. The molecular weight excluding hydrogens is 220 g/mol. The minimum absolute atomic E-state index is 0.408. The van der Waals surface area contributed by atoms with Crippen molar-refractivity contribution in [3.8, 4) is 0 Å². The number of hydrogen-bond donors (Lipinski definition) is 3. The zero-order valence-electron chi connectivity index (χ0n) is 9.07. The Morgan fingerprint density at radius 2 is 1.94 bits per heavy atom. The van der Waals surface area contributed by atoms with Gasteiger partial charge in [-0.3, -0.25) is 4.74 Å².